The van der Waals surface area contributed by atoms with E-state index in [1.165, 1.54) is 23.5 Å². The molecular formula is C15H28N2O6S2. The fourth-order valence-corrected chi connectivity index (χ4v) is 2.87. The van der Waals surface area contributed by atoms with Gasteiger partial charge < -0.3 is 25.2 Å². The van der Waals surface area contributed by atoms with Crippen molar-refractivity contribution in [3.8, 4) is 0 Å². The zero-order valence-corrected chi connectivity index (χ0v) is 16.4. The number of carboxylic acids is 1. The van der Waals surface area contributed by atoms with E-state index in [1.54, 1.807) is 0 Å². The second kappa shape index (κ2) is 16.5. The second-order valence-electron chi connectivity index (χ2n) is 4.76. The predicted molar refractivity (Wildman–Crippen MR) is 100 cm³/mol. The van der Waals surface area contributed by atoms with Crippen LogP contribution in [0.25, 0.3) is 0 Å². The van der Waals surface area contributed by atoms with Crippen LogP contribution in [-0.4, -0.2) is 84.9 Å². The highest BCUT2D eigenvalue weighted by Gasteiger charge is 2.20. The topological polar surface area (TPSA) is 114 Å². The Morgan fingerprint density at radius 2 is 1.48 bits per heavy atom. The normalized spacial score (nSPS) is 11.8. The van der Waals surface area contributed by atoms with Gasteiger partial charge >= 0.3 is 5.97 Å². The lowest BCUT2D eigenvalue weighted by atomic mass is 10.3. The van der Waals surface area contributed by atoms with Crippen molar-refractivity contribution in [2.24, 2.45) is 0 Å². The molecule has 1 unspecified atom stereocenters. The minimum atomic E-state index is -1.18. The molecule has 0 spiro atoms. The second-order valence-corrected chi connectivity index (χ2v) is 6.97. The van der Waals surface area contributed by atoms with E-state index in [0.717, 1.165) is 0 Å². The zero-order valence-electron chi connectivity index (χ0n) is 14.7. The van der Waals surface area contributed by atoms with Gasteiger partial charge in [-0.25, -0.2) is 4.79 Å². The van der Waals surface area contributed by atoms with Crippen molar-refractivity contribution in [1.82, 2.24) is 10.6 Å². The number of rotatable bonds is 16. The lowest BCUT2D eigenvalue weighted by Gasteiger charge is -2.15. The number of amides is 2. The summed E-state index contributed by atoms with van der Waals surface area (Å²) in [6.45, 7) is 6.02. The van der Waals surface area contributed by atoms with Crippen LogP contribution in [0, 0.1) is 0 Å². The van der Waals surface area contributed by atoms with Crippen molar-refractivity contribution >= 4 is 41.3 Å². The quantitative estimate of drug-likeness (QED) is 0.317. The van der Waals surface area contributed by atoms with Gasteiger partial charge in [0.2, 0.25) is 11.8 Å². The molecule has 0 fully saturated rings. The smallest absolute Gasteiger partial charge is 0.328 e. The summed E-state index contributed by atoms with van der Waals surface area (Å²) in [6.07, 6.45) is 0. The van der Waals surface area contributed by atoms with Crippen LogP contribution < -0.4 is 10.6 Å². The van der Waals surface area contributed by atoms with E-state index in [-0.39, 0.29) is 29.9 Å². The van der Waals surface area contributed by atoms with Crippen LogP contribution in [-0.2, 0) is 23.9 Å². The van der Waals surface area contributed by atoms with Crippen LogP contribution in [0.3, 0.4) is 0 Å². The molecule has 0 aromatic heterocycles. The van der Waals surface area contributed by atoms with E-state index in [0.29, 0.717) is 37.9 Å². The first kappa shape index (κ1) is 24.0. The minimum Gasteiger partial charge on any atom is -0.480 e. The van der Waals surface area contributed by atoms with E-state index in [2.05, 4.69) is 10.6 Å². The summed E-state index contributed by atoms with van der Waals surface area (Å²) in [5, 5.41) is 14.1. The fourth-order valence-electron chi connectivity index (χ4n) is 1.56. The van der Waals surface area contributed by atoms with Gasteiger partial charge in [0.15, 0.2) is 0 Å². The zero-order chi connectivity index (χ0) is 18.9. The van der Waals surface area contributed by atoms with Gasteiger partial charge in [0, 0.05) is 31.3 Å². The Morgan fingerprint density at radius 3 is 1.96 bits per heavy atom. The van der Waals surface area contributed by atoms with Crippen LogP contribution in [0.15, 0.2) is 0 Å². The molecular weight excluding hydrogens is 368 g/mol. The Bertz CT molecular complexity index is 398. The number of carbonyl (C=O) groups is 3. The molecule has 0 bridgehead atoms. The first-order valence-corrected chi connectivity index (χ1v) is 10.4. The van der Waals surface area contributed by atoms with Crippen LogP contribution in [0.1, 0.15) is 13.8 Å². The Kier molecular flexibility index (Phi) is 15.9. The highest BCUT2D eigenvalue weighted by molar-refractivity contribution is 8.00. The largest absolute Gasteiger partial charge is 0.480 e. The Labute approximate surface area is 157 Å². The maximum Gasteiger partial charge on any atom is 0.328 e. The summed E-state index contributed by atoms with van der Waals surface area (Å²) in [5.41, 5.74) is 0. The average molecular weight is 397 g/mol. The van der Waals surface area contributed by atoms with Gasteiger partial charge in [0.1, 0.15) is 6.04 Å². The number of hydrogen-bond donors (Lipinski definition) is 3. The molecule has 0 rings (SSSR count). The van der Waals surface area contributed by atoms with E-state index >= 15 is 0 Å². The van der Waals surface area contributed by atoms with E-state index in [9.17, 15) is 14.4 Å². The summed E-state index contributed by atoms with van der Waals surface area (Å²) >= 11 is 2.77. The van der Waals surface area contributed by atoms with E-state index in [1.807, 2.05) is 13.8 Å². The van der Waals surface area contributed by atoms with Gasteiger partial charge in [-0.15, -0.1) is 23.5 Å². The summed E-state index contributed by atoms with van der Waals surface area (Å²) in [4.78, 5) is 34.6. The molecule has 2 amide bonds. The molecule has 0 aromatic rings. The van der Waals surface area contributed by atoms with E-state index < -0.39 is 12.0 Å². The first-order chi connectivity index (χ1) is 12.0. The maximum atomic E-state index is 11.7. The van der Waals surface area contributed by atoms with Gasteiger partial charge in [-0.1, -0.05) is 0 Å². The predicted octanol–water partition coefficient (Wildman–Crippen LogP) is 0.211. The highest BCUT2D eigenvalue weighted by Crippen LogP contribution is 2.00. The molecule has 0 aliphatic rings. The highest BCUT2D eigenvalue weighted by atomic mass is 32.2. The van der Waals surface area contributed by atoms with Crippen molar-refractivity contribution in [1.29, 1.82) is 0 Å². The van der Waals surface area contributed by atoms with Gasteiger partial charge in [-0.3, -0.25) is 9.59 Å². The van der Waals surface area contributed by atoms with Crippen molar-refractivity contribution in [2.75, 3.05) is 56.0 Å². The molecule has 0 heterocycles. The molecule has 8 nitrogen and oxygen atoms in total. The summed E-state index contributed by atoms with van der Waals surface area (Å²) in [5.74, 6) is -0.105. The fraction of sp³-hybridized carbons (Fsp3) is 0.800. The third-order valence-electron chi connectivity index (χ3n) is 2.76. The van der Waals surface area contributed by atoms with Crippen LogP contribution in [0.2, 0.25) is 0 Å². The molecule has 0 radical (unpaired) electrons. The lowest BCUT2D eigenvalue weighted by molar-refractivity contribution is -0.141. The molecule has 0 aliphatic heterocycles. The molecule has 0 aliphatic carbocycles. The van der Waals surface area contributed by atoms with Gasteiger partial charge in [0.25, 0.3) is 0 Å². The number of ether oxygens (including phenoxy) is 2. The Morgan fingerprint density at radius 1 is 0.960 bits per heavy atom. The lowest BCUT2D eigenvalue weighted by Crippen LogP contribution is -2.49. The van der Waals surface area contributed by atoms with Gasteiger partial charge in [-0.2, -0.15) is 0 Å². The third kappa shape index (κ3) is 15.0. The van der Waals surface area contributed by atoms with E-state index in [4.69, 9.17) is 14.6 Å². The summed E-state index contributed by atoms with van der Waals surface area (Å²) < 4.78 is 10.3. The molecule has 3 N–H and O–H groups in total. The number of carbonyl (C=O) groups excluding carboxylic acids is 2. The number of aliphatic carboxylic acids is 1. The summed E-state index contributed by atoms with van der Waals surface area (Å²) in [7, 11) is 0. The van der Waals surface area contributed by atoms with Gasteiger partial charge in [-0.05, 0) is 13.8 Å². The number of thioether (sulfide) groups is 2. The van der Waals surface area contributed by atoms with Crippen LogP contribution in [0.5, 0.6) is 0 Å². The summed E-state index contributed by atoms with van der Waals surface area (Å²) in [6, 6.07) is -1.14. The number of carboxylic acid groups (broad SMARTS) is 1. The molecule has 25 heavy (non-hydrogen) atoms. The number of nitrogens with one attached hydrogen (secondary N) is 2. The van der Waals surface area contributed by atoms with Crippen LogP contribution >= 0.6 is 23.5 Å². The maximum absolute atomic E-state index is 11.7. The average Bonchev–Trinajstić information content (AvgIpc) is 2.58. The molecule has 146 valence electrons. The van der Waals surface area contributed by atoms with Crippen molar-refractivity contribution in [3.63, 3.8) is 0 Å². The van der Waals surface area contributed by atoms with Crippen molar-refractivity contribution in [2.45, 2.75) is 19.9 Å². The molecule has 1 atom stereocenters. The minimum absolute atomic E-state index is 0.143. The van der Waals surface area contributed by atoms with Gasteiger partial charge in [0.05, 0.1) is 24.7 Å². The third-order valence-corrected chi connectivity index (χ3v) is 4.60. The first-order valence-electron chi connectivity index (χ1n) is 8.11. The number of hydrogen-bond acceptors (Lipinski definition) is 7. The molecule has 0 aromatic carbocycles. The Balaban J connectivity index is 3.94. The SMILES string of the molecule is CCOCCSCC(=O)NCC(NC(=O)CSCCOCC)C(=O)O. The standard InChI is InChI=1S/C15H28N2O6S2/c1-3-22-5-7-24-10-13(18)16-9-12(15(20)21)17-14(19)11-25-8-6-23-4-2/h12H,3-11H2,1-2H3,(H,16,18)(H,17,19)(H,20,21). The molecule has 0 saturated carbocycles. The Hall–Kier alpha value is -0.970. The molecule has 10 heteroatoms. The van der Waals surface area contributed by atoms with Crippen molar-refractivity contribution in [3.05, 3.63) is 0 Å². The monoisotopic (exact) mass is 396 g/mol. The molecule has 0 saturated heterocycles. The van der Waals surface area contributed by atoms with Crippen molar-refractivity contribution < 1.29 is 29.0 Å². The van der Waals surface area contributed by atoms with Crippen LogP contribution in [0.4, 0.5) is 0 Å².